The molecule has 0 fully saturated rings. The van der Waals surface area contributed by atoms with Crippen molar-refractivity contribution in [3.05, 3.63) is 40.7 Å². The fourth-order valence-corrected chi connectivity index (χ4v) is 5.31. The van der Waals surface area contributed by atoms with E-state index >= 15 is 0 Å². The largest absolute Gasteiger partial charge is 0.360 e. The normalized spacial score (nSPS) is 13.2. The lowest BCUT2D eigenvalue weighted by molar-refractivity contribution is -0.122. The zero-order valence-corrected chi connectivity index (χ0v) is 18.3. The molecule has 0 saturated heterocycles. The highest BCUT2D eigenvalue weighted by Crippen LogP contribution is 2.19. The average molecular weight is 465 g/mol. The van der Waals surface area contributed by atoms with Crippen molar-refractivity contribution < 1.29 is 26.2 Å². The van der Waals surface area contributed by atoms with Crippen molar-refractivity contribution in [2.75, 3.05) is 13.1 Å². The summed E-state index contributed by atoms with van der Waals surface area (Å²) in [5.41, 5.74) is 0.179. The molecule has 0 aliphatic heterocycles. The van der Waals surface area contributed by atoms with E-state index in [1.807, 2.05) is 0 Å². The van der Waals surface area contributed by atoms with Gasteiger partial charge in [0.2, 0.25) is 26.0 Å². The molecule has 1 aromatic heterocycles. The molecule has 10 nitrogen and oxygen atoms in total. The van der Waals surface area contributed by atoms with Gasteiger partial charge in [0.05, 0.1) is 10.9 Å². The lowest BCUT2D eigenvalue weighted by Crippen LogP contribution is -2.46. The number of hydrogen-bond donors (Lipinski definition) is 3. The van der Waals surface area contributed by atoms with Gasteiger partial charge in [-0.25, -0.2) is 21.6 Å². The second kappa shape index (κ2) is 9.22. The molecule has 0 unspecified atom stereocenters. The molecule has 0 aliphatic rings. The lowest BCUT2D eigenvalue weighted by Gasteiger charge is -2.14. The molecule has 1 aromatic carbocycles. The molecule has 1 heterocycles. The van der Waals surface area contributed by atoms with Crippen LogP contribution in [-0.4, -0.2) is 47.0 Å². The average Bonchev–Trinajstić information content (AvgIpc) is 2.97. The standard InChI is InChI=1S/C16H21ClN4O6S2/c1-10-15(12(3)27-20-10)29(25,26)21-11(2)16(22)18-7-8-19-28(23,24)14-6-4-5-13(17)9-14/h4-6,9,11,19,21H,7-8H2,1-3H3,(H,18,22)/t11-/m0/s1. The Hall–Kier alpha value is -1.99. The zero-order chi connectivity index (χ0) is 21.8. The Bertz CT molecular complexity index is 1080. The maximum atomic E-state index is 12.4. The van der Waals surface area contributed by atoms with Gasteiger partial charge in [-0.1, -0.05) is 22.8 Å². The fraction of sp³-hybridized carbons (Fsp3) is 0.375. The summed E-state index contributed by atoms with van der Waals surface area (Å²) in [5, 5.41) is 6.32. The molecule has 0 spiro atoms. The fourth-order valence-electron chi connectivity index (χ4n) is 2.45. The summed E-state index contributed by atoms with van der Waals surface area (Å²) >= 11 is 5.78. The Morgan fingerprint density at radius 2 is 1.86 bits per heavy atom. The Kier molecular flexibility index (Phi) is 7.40. The number of amides is 1. The van der Waals surface area contributed by atoms with Crippen molar-refractivity contribution in [3.63, 3.8) is 0 Å². The van der Waals surface area contributed by atoms with E-state index in [4.69, 9.17) is 16.1 Å². The number of halogens is 1. The number of nitrogens with one attached hydrogen (secondary N) is 3. The number of carbonyl (C=O) groups is 1. The van der Waals surface area contributed by atoms with Gasteiger partial charge in [-0.3, -0.25) is 4.79 Å². The van der Waals surface area contributed by atoms with E-state index in [0.29, 0.717) is 0 Å². The van der Waals surface area contributed by atoms with Crippen LogP contribution in [0.25, 0.3) is 0 Å². The van der Waals surface area contributed by atoms with Crippen LogP contribution in [0.3, 0.4) is 0 Å². The quantitative estimate of drug-likeness (QED) is 0.463. The topological polar surface area (TPSA) is 147 Å². The number of benzene rings is 1. The number of carbonyl (C=O) groups excluding carboxylic acids is 1. The van der Waals surface area contributed by atoms with Gasteiger partial charge in [-0.15, -0.1) is 0 Å². The molecule has 3 N–H and O–H groups in total. The number of sulfonamides is 2. The molecule has 1 amide bonds. The van der Waals surface area contributed by atoms with Crippen molar-refractivity contribution in [3.8, 4) is 0 Å². The van der Waals surface area contributed by atoms with Crippen LogP contribution >= 0.6 is 11.6 Å². The minimum atomic E-state index is -4.01. The van der Waals surface area contributed by atoms with Crippen LogP contribution in [0, 0.1) is 13.8 Å². The maximum absolute atomic E-state index is 12.4. The smallest absolute Gasteiger partial charge is 0.246 e. The highest BCUT2D eigenvalue weighted by atomic mass is 35.5. The number of aromatic nitrogens is 1. The van der Waals surface area contributed by atoms with Crippen LogP contribution in [0.15, 0.2) is 38.6 Å². The van der Waals surface area contributed by atoms with Gasteiger partial charge in [0.15, 0.2) is 5.76 Å². The van der Waals surface area contributed by atoms with Gasteiger partial charge in [0, 0.05) is 18.1 Å². The van der Waals surface area contributed by atoms with Crippen molar-refractivity contribution in [2.24, 2.45) is 0 Å². The summed E-state index contributed by atoms with van der Waals surface area (Å²) in [6.45, 7) is 4.15. The number of rotatable bonds is 9. The Morgan fingerprint density at radius 1 is 1.17 bits per heavy atom. The minimum Gasteiger partial charge on any atom is -0.360 e. The second-order valence-electron chi connectivity index (χ2n) is 6.14. The van der Waals surface area contributed by atoms with Crippen molar-refractivity contribution >= 4 is 37.6 Å². The summed E-state index contributed by atoms with van der Waals surface area (Å²) in [5.74, 6) is -0.514. The summed E-state index contributed by atoms with van der Waals surface area (Å²) < 4.78 is 58.5. The third-order valence-corrected chi connectivity index (χ3v) is 7.26. The molecule has 0 bridgehead atoms. The maximum Gasteiger partial charge on any atom is 0.246 e. The van der Waals surface area contributed by atoms with E-state index in [-0.39, 0.29) is 39.4 Å². The van der Waals surface area contributed by atoms with Gasteiger partial charge in [-0.05, 0) is 39.0 Å². The van der Waals surface area contributed by atoms with E-state index in [1.54, 1.807) is 6.07 Å². The Balaban J connectivity index is 1.88. The predicted molar refractivity (Wildman–Crippen MR) is 105 cm³/mol. The highest BCUT2D eigenvalue weighted by molar-refractivity contribution is 7.89. The zero-order valence-electron chi connectivity index (χ0n) is 15.9. The monoisotopic (exact) mass is 464 g/mol. The summed E-state index contributed by atoms with van der Waals surface area (Å²) in [4.78, 5) is 12.0. The summed E-state index contributed by atoms with van der Waals surface area (Å²) in [6.07, 6.45) is 0. The molecular weight excluding hydrogens is 444 g/mol. The van der Waals surface area contributed by atoms with Gasteiger partial charge in [0.1, 0.15) is 10.6 Å². The first-order valence-electron chi connectivity index (χ1n) is 8.42. The van der Waals surface area contributed by atoms with Crippen LogP contribution in [0.1, 0.15) is 18.4 Å². The highest BCUT2D eigenvalue weighted by Gasteiger charge is 2.28. The van der Waals surface area contributed by atoms with Crippen molar-refractivity contribution in [1.29, 1.82) is 0 Å². The Morgan fingerprint density at radius 3 is 2.45 bits per heavy atom. The number of aryl methyl sites for hydroxylation is 2. The molecule has 0 saturated carbocycles. The van der Waals surface area contributed by atoms with Gasteiger partial charge >= 0.3 is 0 Å². The summed E-state index contributed by atoms with van der Waals surface area (Å²) in [7, 11) is -7.79. The predicted octanol–water partition coefficient (Wildman–Crippen LogP) is 0.706. The van der Waals surface area contributed by atoms with E-state index in [9.17, 15) is 21.6 Å². The molecule has 2 aromatic rings. The first-order chi connectivity index (χ1) is 13.4. The third kappa shape index (κ3) is 6.00. The molecule has 13 heteroatoms. The third-order valence-electron chi connectivity index (χ3n) is 3.78. The molecule has 0 radical (unpaired) electrons. The molecule has 29 heavy (non-hydrogen) atoms. The van der Waals surface area contributed by atoms with E-state index in [1.165, 1.54) is 39.0 Å². The van der Waals surface area contributed by atoms with E-state index in [2.05, 4.69) is 19.9 Å². The molecule has 2 rings (SSSR count). The summed E-state index contributed by atoms with van der Waals surface area (Å²) in [6, 6.07) is 4.64. The SMILES string of the molecule is Cc1noc(C)c1S(=O)(=O)N[C@@H](C)C(=O)NCCNS(=O)(=O)c1cccc(Cl)c1. The van der Waals surface area contributed by atoms with Crippen LogP contribution in [-0.2, 0) is 24.8 Å². The minimum absolute atomic E-state index is 0.00286. The lowest BCUT2D eigenvalue weighted by atomic mass is 10.3. The molecule has 1 atom stereocenters. The van der Waals surface area contributed by atoms with Crippen LogP contribution in [0.4, 0.5) is 0 Å². The first kappa shape index (κ1) is 23.3. The Labute approximate surface area is 174 Å². The van der Waals surface area contributed by atoms with Gasteiger partial charge < -0.3 is 9.84 Å². The van der Waals surface area contributed by atoms with Crippen LogP contribution < -0.4 is 14.8 Å². The van der Waals surface area contributed by atoms with Crippen LogP contribution in [0.2, 0.25) is 5.02 Å². The number of hydrogen-bond acceptors (Lipinski definition) is 7. The van der Waals surface area contributed by atoms with Crippen LogP contribution in [0.5, 0.6) is 0 Å². The first-order valence-corrected chi connectivity index (χ1v) is 11.8. The molecule has 160 valence electrons. The van der Waals surface area contributed by atoms with Crippen molar-refractivity contribution in [2.45, 2.75) is 36.6 Å². The van der Waals surface area contributed by atoms with Gasteiger partial charge in [0.25, 0.3) is 0 Å². The van der Waals surface area contributed by atoms with Gasteiger partial charge in [-0.2, -0.15) is 4.72 Å². The second-order valence-corrected chi connectivity index (χ2v) is 10.00. The van der Waals surface area contributed by atoms with E-state index in [0.717, 1.165) is 0 Å². The molecule has 0 aliphatic carbocycles. The molecular formula is C16H21ClN4O6S2. The number of nitrogens with zero attached hydrogens (tertiary/aromatic N) is 1. The van der Waals surface area contributed by atoms with E-state index < -0.39 is 32.0 Å². The van der Waals surface area contributed by atoms with Crippen molar-refractivity contribution in [1.82, 2.24) is 19.9 Å².